The minimum atomic E-state index is 0.714. The van der Waals surface area contributed by atoms with E-state index in [0.717, 1.165) is 43.4 Å². The Labute approximate surface area is 130 Å². The third-order valence-electron chi connectivity index (χ3n) is 3.80. The number of piperazine rings is 1. The van der Waals surface area contributed by atoms with Gasteiger partial charge in [0.2, 0.25) is 0 Å². The lowest BCUT2D eigenvalue weighted by molar-refractivity contribution is 0.247. The summed E-state index contributed by atoms with van der Waals surface area (Å²) < 4.78 is 0. The molecule has 5 heteroatoms. The molecule has 2 N–H and O–H groups in total. The highest BCUT2D eigenvalue weighted by Gasteiger charge is 2.17. The van der Waals surface area contributed by atoms with E-state index >= 15 is 0 Å². The van der Waals surface area contributed by atoms with Gasteiger partial charge < -0.3 is 10.6 Å². The molecule has 3 rings (SSSR count). The van der Waals surface area contributed by atoms with Crippen molar-refractivity contribution in [2.45, 2.75) is 6.54 Å². The number of rotatable bonds is 3. The number of benzene rings is 1. The second-order valence-electron chi connectivity index (χ2n) is 5.32. The lowest BCUT2D eigenvalue weighted by atomic mass is 10.2. The van der Waals surface area contributed by atoms with Gasteiger partial charge in [0.25, 0.3) is 0 Å². The fraction of sp³-hybridized carbons (Fsp3) is 0.312. The summed E-state index contributed by atoms with van der Waals surface area (Å²) in [6.45, 7) is 5.01. The molecule has 0 bridgehead atoms. The van der Waals surface area contributed by atoms with Gasteiger partial charge >= 0.3 is 0 Å². The molecule has 21 heavy (non-hydrogen) atoms. The predicted octanol–water partition coefficient (Wildman–Crippen LogP) is 2.64. The highest BCUT2D eigenvalue weighted by atomic mass is 35.5. The Balaban J connectivity index is 1.55. The number of hydrogen-bond acceptors (Lipinski definition) is 4. The van der Waals surface area contributed by atoms with E-state index in [0.29, 0.717) is 5.69 Å². The minimum absolute atomic E-state index is 0.714. The monoisotopic (exact) mass is 302 g/mol. The molecule has 0 amide bonds. The molecule has 0 saturated carbocycles. The molecule has 0 spiro atoms. The van der Waals surface area contributed by atoms with E-state index in [1.54, 1.807) is 6.20 Å². The van der Waals surface area contributed by atoms with Crippen LogP contribution in [0.2, 0.25) is 5.02 Å². The number of aromatic nitrogens is 1. The first-order valence-electron chi connectivity index (χ1n) is 7.14. The van der Waals surface area contributed by atoms with Crippen molar-refractivity contribution < 1.29 is 0 Å². The van der Waals surface area contributed by atoms with E-state index in [2.05, 4.69) is 26.9 Å². The molecule has 4 nitrogen and oxygen atoms in total. The van der Waals surface area contributed by atoms with Crippen LogP contribution in [0.4, 0.5) is 11.4 Å². The number of nitrogens with two attached hydrogens (primary N) is 1. The van der Waals surface area contributed by atoms with Gasteiger partial charge in [-0.05, 0) is 36.4 Å². The van der Waals surface area contributed by atoms with Crippen LogP contribution in [0.5, 0.6) is 0 Å². The Bertz CT molecular complexity index is 574. The lowest BCUT2D eigenvalue weighted by Gasteiger charge is -2.36. The molecule has 0 unspecified atom stereocenters. The van der Waals surface area contributed by atoms with Crippen molar-refractivity contribution in [3.63, 3.8) is 0 Å². The molecule has 1 aromatic carbocycles. The van der Waals surface area contributed by atoms with Crippen molar-refractivity contribution in [1.82, 2.24) is 9.88 Å². The molecule has 1 aliphatic rings. The summed E-state index contributed by atoms with van der Waals surface area (Å²) in [6, 6.07) is 12.0. The number of hydrogen-bond donors (Lipinski definition) is 1. The smallest absolute Gasteiger partial charge is 0.0545 e. The number of anilines is 2. The second kappa shape index (κ2) is 6.33. The van der Waals surface area contributed by atoms with Gasteiger partial charge in [-0.25, -0.2) is 0 Å². The zero-order chi connectivity index (χ0) is 14.7. The number of pyridine rings is 1. The van der Waals surface area contributed by atoms with Gasteiger partial charge in [-0.3, -0.25) is 9.88 Å². The summed E-state index contributed by atoms with van der Waals surface area (Å²) in [7, 11) is 0. The predicted molar refractivity (Wildman–Crippen MR) is 87.6 cm³/mol. The van der Waals surface area contributed by atoms with E-state index in [1.165, 1.54) is 5.69 Å². The van der Waals surface area contributed by atoms with Crippen LogP contribution in [0.1, 0.15) is 5.69 Å². The first kappa shape index (κ1) is 14.2. The highest BCUT2D eigenvalue weighted by molar-refractivity contribution is 6.30. The molecule has 1 fully saturated rings. The summed E-state index contributed by atoms with van der Waals surface area (Å²) in [5.41, 5.74) is 8.69. The Morgan fingerprint density at radius 1 is 1.00 bits per heavy atom. The largest absolute Gasteiger partial charge is 0.397 e. The molecule has 1 saturated heterocycles. The van der Waals surface area contributed by atoms with Crippen molar-refractivity contribution in [2.24, 2.45) is 0 Å². The first-order chi connectivity index (χ1) is 10.2. The molecule has 0 radical (unpaired) electrons. The van der Waals surface area contributed by atoms with Crippen molar-refractivity contribution in [1.29, 1.82) is 0 Å². The zero-order valence-electron chi connectivity index (χ0n) is 11.9. The molecular weight excluding hydrogens is 284 g/mol. The fourth-order valence-electron chi connectivity index (χ4n) is 2.57. The maximum atomic E-state index is 5.93. The molecular formula is C16H19ClN4. The van der Waals surface area contributed by atoms with Gasteiger partial charge in [-0.1, -0.05) is 11.6 Å². The van der Waals surface area contributed by atoms with Crippen LogP contribution in [-0.2, 0) is 6.54 Å². The Hall–Kier alpha value is -1.78. The Morgan fingerprint density at radius 2 is 1.71 bits per heavy atom. The number of nitrogens with zero attached hydrogens (tertiary/aromatic N) is 3. The minimum Gasteiger partial charge on any atom is -0.397 e. The Kier molecular flexibility index (Phi) is 4.27. The standard InChI is InChI=1S/C16H19ClN4/c17-13-1-5-16(6-2-13)21-9-7-20(8-10-21)12-15-4-3-14(18)11-19-15/h1-6,11H,7-10,12,18H2. The van der Waals surface area contributed by atoms with Crippen molar-refractivity contribution in [3.8, 4) is 0 Å². The maximum absolute atomic E-state index is 5.93. The molecule has 1 aliphatic heterocycles. The van der Waals surface area contributed by atoms with E-state index in [-0.39, 0.29) is 0 Å². The number of nitrogen functional groups attached to an aromatic ring is 1. The number of halogens is 1. The normalized spacial score (nSPS) is 16.1. The lowest BCUT2D eigenvalue weighted by Crippen LogP contribution is -2.46. The average molecular weight is 303 g/mol. The molecule has 110 valence electrons. The third kappa shape index (κ3) is 3.65. The third-order valence-corrected chi connectivity index (χ3v) is 4.05. The summed E-state index contributed by atoms with van der Waals surface area (Å²) >= 11 is 5.93. The summed E-state index contributed by atoms with van der Waals surface area (Å²) in [5.74, 6) is 0. The molecule has 0 atom stereocenters. The first-order valence-corrected chi connectivity index (χ1v) is 7.52. The van der Waals surface area contributed by atoms with Crippen LogP contribution in [0, 0.1) is 0 Å². The van der Waals surface area contributed by atoms with E-state index in [4.69, 9.17) is 17.3 Å². The van der Waals surface area contributed by atoms with Gasteiger partial charge in [-0.15, -0.1) is 0 Å². The van der Waals surface area contributed by atoms with Crippen molar-refractivity contribution >= 4 is 23.0 Å². The van der Waals surface area contributed by atoms with Gasteiger partial charge in [0, 0.05) is 43.4 Å². The van der Waals surface area contributed by atoms with Gasteiger partial charge in [0.05, 0.1) is 17.6 Å². The van der Waals surface area contributed by atoms with E-state index in [1.807, 2.05) is 24.3 Å². The summed E-state index contributed by atoms with van der Waals surface area (Å²) in [5, 5.41) is 0.784. The van der Waals surface area contributed by atoms with E-state index in [9.17, 15) is 0 Å². The van der Waals surface area contributed by atoms with Gasteiger partial charge in [0.1, 0.15) is 0 Å². The Morgan fingerprint density at radius 3 is 2.33 bits per heavy atom. The fourth-order valence-corrected chi connectivity index (χ4v) is 2.70. The summed E-state index contributed by atoms with van der Waals surface area (Å²) in [4.78, 5) is 9.18. The SMILES string of the molecule is Nc1ccc(CN2CCN(c3ccc(Cl)cc3)CC2)nc1. The van der Waals surface area contributed by atoms with Gasteiger partial charge in [-0.2, -0.15) is 0 Å². The van der Waals surface area contributed by atoms with Crippen LogP contribution in [0.15, 0.2) is 42.6 Å². The molecule has 0 aliphatic carbocycles. The van der Waals surface area contributed by atoms with Crippen LogP contribution < -0.4 is 10.6 Å². The second-order valence-corrected chi connectivity index (χ2v) is 5.76. The summed E-state index contributed by atoms with van der Waals surface area (Å²) in [6.07, 6.45) is 1.72. The van der Waals surface area contributed by atoms with Crippen molar-refractivity contribution in [3.05, 3.63) is 53.3 Å². The molecule has 2 aromatic rings. The maximum Gasteiger partial charge on any atom is 0.0545 e. The van der Waals surface area contributed by atoms with Gasteiger partial charge in [0.15, 0.2) is 0 Å². The van der Waals surface area contributed by atoms with Crippen LogP contribution in [0.3, 0.4) is 0 Å². The molecule has 2 heterocycles. The van der Waals surface area contributed by atoms with Crippen LogP contribution >= 0.6 is 11.6 Å². The van der Waals surface area contributed by atoms with E-state index < -0.39 is 0 Å². The highest BCUT2D eigenvalue weighted by Crippen LogP contribution is 2.19. The van der Waals surface area contributed by atoms with Crippen molar-refractivity contribution in [2.75, 3.05) is 36.8 Å². The van der Waals surface area contributed by atoms with Crippen LogP contribution in [0.25, 0.3) is 0 Å². The molecule has 1 aromatic heterocycles. The van der Waals surface area contributed by atoms with Crippen LogP contribution in [-0.4, -0.2) is 36.1 Å². The zero-order valence-corrected chi connectivity index (χ0v) is 12.6. The topological polar surface area (TPSA) is 45.4 Å². The quantitative estimate of drug-likeness (QED) is 0.947. The average Bonchev–Trinajstić information content (AvgIpc) is 2.51.